The number of nitrogens with one attached hydrogen (secondary N) is 1. The lowest BCUT2D eigenvalue weighted by atomic mass is 10.2. The first-order chi connectivity index (χ1) is 11.7. The zero-order valence-electron chi connectivity index (χ0n) is 13.2. The molecule has 1 aliphatic heterocycles. The summed E-state index contributed by atoms with van der Waals surface area (Å²) in [6.45, 7) is 3.05. The van der Waals surface area contributed by atoms with E-state index >= 15 is 0 Å². The number of carbonyl (C=O) groups excluding carboxylic acids is 1. The normalized spacial score (nSPS) is 14.3. The minimum Gasteiger partial charge on any atom is -0.484 e. The standard InChI is InChI=1S/C18H19IN2O3/c19-14-5-7-15(8-6-14)24-13-18(22)20-16-3-1-2-4-17(16)21-9-11-23-12-10-21/h1-8H,9-13H2,(H,20,22). The Morgan fingerprint density at radius 3 is 2.58 bits per heavy atom. The van der Waals surface area contributed by atoms with Crippen molar-refractivity contribution in [3.05, 3.63) is 52.1 Å². The largest absolute Gasteiger partial charge is 0.484 e. The molecule has 1 aliphatic rings. The van der Waals surface area contributed by atoms with Gasteiger partial charge in [0.25, 0.3) is 5.91 Å². The summed E-state index contributed by atoms with van der Waals surface area (Å²) in [7, 11) is 0. The second-order valence-corrected chi connectivity index (χ2v) is 6.65. The fourth-order valence-electron chi connectivity index (χ4n) is 2.53. The highest BCUT2D eigenvalue weighted by Crippen LogP contribution is 2.26. The lowest BCUT2D eigenvalue weighted by molar-refractivity contribution is -0.118. The number of morpholine rings is 1. The second-order valence-electron chi connectivity index (χ2n) is 5.41. The van der Waals surface area contributed by atoms with E-state index in [1.54, 1.807) is 0 Å². The smallest absolute Gasteiger partial charge is 0.262 e. The fourth-order valence-corrected chi connectivity index (χ4v) is 2.88. The number of nitrogens with zero attached hydrogens (tertiary/aromatic N) is 1. The molecule has 0 saturated carbocycles. The first-order valence-electron chi connectivity index (χ1n) is 7.82. The van der Waals surface area contributed by atoms with E-state index in [2.05, 4.69) is 32.8 Å². The molecule has 1 saturated heterocycles. The van der Waals surface area contributed by atoms with Gasteiger partial charge in [0.1, 0.15) is 5.75 Å². The van der Waals surface area contributed by atoms with Crippen LogP contribution in [0.3, 0.4) is 0 Å². The minimum absolute atomic E-state index is 0.0158. The van der Waals surface area contributed by atoms with E-state index in [0.717, 1.165) is 28.0 Å². The Morgan fingerprint density at radius 2 is 1.83 bits per heavy atom. The maximum absolute atomic E-state index is 12.2. The van der Waals surface area contributed by atoms with Crippen molar-refractivity contribution in [3.63, 3.8) is 0 Å². The van der Waals surface area contributed by atoms with Crippen molar-refractivity contribution in [2.45, 2.75) is 0 Å². The number of halogens is 1. The quantitative estimate of drug-likeness (QED) is 0.730. The molecule has 6 heteroatoms. The third-order valence-electron chi connectivity index (χ3n) is 3.71. The van der Waals surface area contributed by atoms with Gasteiger partial charge in [-0.15, -0.1) is 0 Å². The third-order valence-corrected chi connectivity index (χ3v) is 4.43. The summed E-state index contributed by atoms with van der Waals surface area (Å²) in [4.78, 5) is 14.4. The number of hydrogen-bond donors (Lipinski definition) is 1. The number of amides is 1. The lowest BCUT2D eigenvalue weighted by Crippen LogP contribution is -2.36. The molecular formula is C18H19IN2O3. The molecule has 1 fully saturated rings. The van der Waals surface area contributed by atoms with Crippen molar-refractivity contribution in [2.75, 3.05) is 43.1 Å². The summed E-state index contributed by atoms with van der Waals surface area (Å²) in [5.41, 5.74) is 1.82. The van der Waals surface area contributed by atoms with Crippen molar-refractivity contribution in [1.29, 1.82) is 0 Å². The van der Waals surface area contributed by atoms with Crippen molar-refractivity contribution in [1.82, 2.24) is 0 Å². The van der Waals surface area contributed by atoms with Gasteiger partial charge in [0.05, 0.1) is 24.6 Å². The molecule has 1 heterocycles. The molecule has 0 spiro atoms. The molecule has 0 radical (unpaired) electrons. The van der Waals surface area contributed by atoms with Crippen molar-refractivity contribution < 1.29 is 14.3 Å². The molecule has 0 aromatic heterocycles. The minimum atomic E-state index is -0.172. The van der Waals surface area contributed by atoms with Gasteiger partial charge in [0.2, 0.25) is 0 Å². The van der Waals surface area contributed by atoms with E-state index in [4.69, 9.17) is 9.47 Å². The summed E-state index contributed by atoms with van der Waals surface area (Å²) in [6.07, 6.45) is 0. The zero-order valence-corrected chi connectivity index (χ0v) is 15.4. The molecule has 126 valence electrons. The molecule has 24 heavy (non-hydrogen) atoms. The van der Waals surface area contributed by atoms with Gasteiger partial charge < -0.3 is 19.7 Å². The Bertz CT molecular complexity index is 685. The van der Waals surface area contributed by atoms with E-state index in [1.165, 1.54) is 0 Å². The van der Waals surface area contributed by atoms with Gasteiger partial charge in [-0.25, -0.2) is 0 Å². The van der Waals surface area contributed by atoms with Gasteiger partial charge in [-0.3, -0.25) is 4.79 Å². The molecule has 1 amide bonds. The Balaban J connectivity index is 1.60. The SMILES string of the molecule is O=C(COc1ccc(I)cc1)Nc1ccccc1N1CCOCC1. The Kier molecular flexibility index (Phi) is 5.92. The summed E-state index contributed by atoms with van der Waals surface area (Å²) >= 11 is 2.23. The van der Waals surface area contributed by atoms with Crippen molar-refractivity contribution in [2.24, 2.45) is 0 Å². The number of hydrogen-bond acceptors (Lipinski definition) is 4. The average Bonchev–Trinajstić information content (AvgIpc) is 2.62. The van der Waals surface area contributed by atoms with Gasteiger partial charge in [0, 0.05) is 16.7 Å². The summed E-state index contributed by atoms with van der Waals surface area (Å²) in [5, 5.41) is 2.94. The van der Waals surface area contributed by atoms with Gasteiger partial charge in [-0.1, -0.05) is 12.1 Å². The predicted molar refractivity (Wildman–Crippen MR) is 103 cm³/mol. The highest BCUT2D eigenvalue weighted by molar-refractivity contribution is 14.1. The second kappa shape index (κ2) is 8.34. The van der Waals surface area contributed by atoms with E-state index in [0.29, 0.717) is 19.0 Å². The summed E-state index contributed by atoms with van der Waals surface area (Å²) in [6, 6.07) is 15.4. The predicted octanol–water partition coefficient (Wildman–Crippen LogP) is 3.15. The van der Waals surface area contributed by atoms with Crippen LogP contribution in [0.25, 0.3) is 0 Å². The summed E-state index contributed by atoms with van der Waals surface area (Å²) in [5.74, 6) is 0.515. The van der Waals surface area contributed by atoms with E-state index in [1.807, 2.05) is 48.5 Å². The number of benzene rings is 2. The van der Waals surface area contributed by atoms with Gasteiger partial charge >= 0.3 is 0 Å². The van der Waals surface area contributed by atoms with Crippen LogP contribution in [0.15, 0.2) is 48.5 Å². The third kappa shape index (κ3) is 4.61. The molecule has 0 unspecified atom stereocenters. The topological polar surface area (TPSA) is 50.8 Å². The molecule has 3 rings (SSSR count). The van der Waals surface area contributed by atoms with Crippen LogP contribution in [0, 0.1) is 3.57 Å². The maximum Gasteiger partial charge on any atom is 0.262 e. The number of para-hydroxylation sites is 2. The van der Waals surface area contributed by atoms with Gasteiger partial charge in [-0.2, -0.15) is 0 Å². The zero-order chi connectivity index (χ0) is 16.8. The Labute approximate surface area is 155 Å². The molecule has 5 nitrogen and oxygen atoms in total. The first kappa shape index (κ1) is 17.0. The number of anilines is 2. The molecule has 2 aromatic carbocycles. The monoisotopic (exact) mass is 438 g/mol. The molecule has 0 bridgehead atoms. The van der Waals surface area contributed by atoms with Crippen LogP contribution in [0.1, 0.15) is 0 Å². The van der Waals surface area contributed by atoms with Crippen molar-refractivity contribution in [3.8, 4) is 5.75 Å². The summed E-state index contributed by atoms with van der Waals surface area (Å²) < 4.78 is 12.0. The molecule has 2 aromatic rings. The highest BCUT2D eigenvalue weighted by Gasteiger charge is 2.15. The van der Waals surface area contributed by atoms with Crippen molar-refractivity contribution >= 4 is 39.9 Å². The Morgan fingerprint density at radius 1 is 1.12 bits per heavy atom. The first-order valence-corrected chi connectivity index (χ1v) is 8.90. The van der Waals surface area contributed by atoms with Crippen LogP contribution in [0.5, 0.6) is 5.75 Å². The van der Waals surface area contributed by atoms with Crippen LogP contribution in [0.2, 0.25) is 0 Å². The van der Waals surface area contributed by atoms with Gasteiger partial charge in [0.15, 0.2) is 6.61 Å². The van der Waals surface area contributed by atoms with E-state index < -0.39 is 0 Å². The molecular weight excluding hydrogens is 419 g/mol. The lowest BCUT2D eigenvalue weighted by Gasteiger charge is -2.30. The number of ether oxygens (including phenoxy) is 2. The number of rotatable bonds is 5. The van der Waals surface area contributed by atoms with Crippen LogP contribution in [-0.4, -0.2) is 38.8 Å². The maximum atomic E-state index is 12.2. The fraction of sp³-hybridized carbons (Fsp3) is 0.278. The van der Waals surface area contributed by atoms with Crippen LogP contribution < -0.4 is 15.0 Å². The van der Waals surface area contributed by atoms with Crippen LogP contribution in [0.4, 0.5) is 11.4 Å². The highest BCUT2D eigenvalue weighted by atomic mass is 127. The molecule has 0 atom stereocenters. The molecule has 0 aliphatic carbocycles. The average molecular weight is 438 g/mol. The Hall–Kier alpha value is -1.80. The van der Waals surface area contributed by atoms with Crippen LogP contribution >= 0.6 is 22.6 Å². The van der Waals surface area contributed by atoms with Crippen LogP contribution in [-0.2, 0) is 9.53 Å². The van der Waals surface area contributed by atoms with E-state index in [-0.39, 0.29) is 12.5 Å². The van der Waals surface area contributed by atoms with Gasteiger partial charge in [-0.05, 0) is 59.0 Å². The van der Waals surface area contributed by atoms with E-state index in [9.17, 15) is 4.79 Å². The number of carbonyl (C=O) groups is 1. The molecule has 1 N–H and O–H groups in total.